The molecule has 1 aliphatic rings. The topological polar surface area (TPSA) is 62.6 Å². The summed E-state index contributed by atoms with van der Waals surface area (Å²) in [5.74, 6) is -0.391. The van der Waals surface area contributed by atoms with E-state index in [1.807, 2.05) is 32.0 Å². The standard InChI is InChI=1S/C23H18Cl2N2O3/c1-13-5-3-7-19(14(13)2)26-21-20(17-9-8-15(24)11-18(17)25)22(28)27(23(21)29)12-16-6-4-10-30-16/h3-11,26H,12H2,1-2H3. The van der Waals surface area contributed by atoms with Gasteiger partial charge in [-0.3, -0.25) is 14.5 Å². The molecule has 30 heavy (non-hydrogen) atoms. The normalized spacial score (nSPS) is 14.1. The largest absolute Gasteiger partial charge is 0.467 e. The van der Waals surface area contributed by atoms with Gasteiger partial charge in [-0.2, -0.15) is 0 Å². The van der Waals surface area contributed by atoms with E-state index >= 15 is 0 Å². The van der Waals surface area contributed by atoms with Crippen molar-refractivity contribution in [2.45, 2.75) is 20.4 Å². The molecule has 2 aromatic carbocycles. The van der Waals surface area contributed by atoms with Gasteiger partial charge in [-0.25, -0.2) is 0 Å². The first-order chi connectivity index (χ1) is 14.4. The van der Waals surface area contributed by atoms with Gasteiger partial charge >= 0.3 is 0 Å². The highest BCUT2D eigenvalue weighted by Crippen LogP contribution is 2.36. The molecule has 0 saturated carbocycles. The molecular weight excluding hydrogens is 423 g/mol. The molecule has 0 fully saturated rings. The number of hydrogen-bond donors (Lipinski definition) is 1. The van der Waals surface area contributed by atoms with Crippen LogP contribution >= 0.6 is 23.2 Å². The number of hydrogen-bond acceptors (Lipinski definition) is 4. The number of imide groups is 1. The molecule has 0 aliphatic carbocycles. The highest BCUT2D eigenvalue weighted by Gasteiger charge is 2.40. The lowest BCUT2D eigenvalue weighted by Gasteiger charge is -2.15. The molecule has 7 heteroatoms. The van der Waals surface area contributed by atoms with Crippen molar-refractivity contribution < 1.29 is 14.0 Å². The third kappa shape index (κ3) is 3.62. The van der Waals surface area contributed by atoms with Crippen molar-refractivity contribution in [3.05, 3.63) is 93.0 Å². The zero-order valence-electron chi connectivity index (χ0n) is 16.3. The Balaban J connectivity index is 1.82. The minimum Gasteiger partial charge on any atom is -0.467 e. The Morgan fingerprint density at radius 1 is 1.00 bits per heavy atom. The lowest BCUT2D eigenvalue weighted by atomic mass is 10.0. The number of furan rings is 1. The summed E-state index contributed by atoms with van der Waals surface area (Å²) in [6, 6.07) is 14.0. The van der Waals surface area contributed by atoms with Gasteiger partial charge in [0.2, 0.25) is 0 Å². The highest BCUT2D eigenvalue weighted by molar-refractivity contribution is 6.41. The van der Waals surface area contributed by atoms with Gasteiger partial charge in [0.25, 0.3) is 11.8 Å². The van der Waals surface area contributed by atoms with Crippen molar-refractivity contribution in [2.75, 3.05) is 5.32 Å². The van der Waals surface area contributed by atoms with Crippen molar-refractivity contribution in [2.24, 2.45) is 0 Å². The van der Waals surface area contributed by atoms with Crippen molar-refractivity contribution in [3.63, 3.8) is 0 Å². The maximum atomic E-state index is 13.3. The molecule has 0 bridgehead atoms. The number of aryl methyl sites for hydroxylation is 1. The average molecular weight is 441 g/mol. The van der Waals surface area contributed by atoms with Gasteiger partial charge in [-0.15, -0.1) is 0 Å². The molecule has 1 aliphatic heterocycles. The van der Waals surface area contributed by atoms with Gasteiger partial charge in [0.05, 0.1) is 23.4 Å². The molecule has 4 rings (SSSR count). The number of carbonyl (C=O) groups is 2. The fraction of sp³-hybridized carbons (Fsp3) is 0.130. The van der Waals surface area contributed by atoms with Gasteiger partial charge in [-0.1, -0.05) is 41.4 Å². The number of amides is 2. The van der Waals surface area contributed by atoms with E-state index in [1.54, 1.807) is 30.3 Å². The van der Waals surface area contributed by atoms with Crippen molar-refractivity contribution >= 4 is 46.3 Å². The van der Waals surface area contributed by atoms with Crippen LogP contribution in [0.25, 0.3) is 5.57 Å². The molecule has 152 valence electrons. The third-order valence-corrected chi connectivity index (χ3v) is 5.67. The van der Waals surface area contributed by atoms with Crippen LogP contribution in [-0.2, 0) is 16.1 Å². The Kier molecular flexibility index (Phi) is 5.41. The monoisotopic (exact) mass is 440 g/mol. The number of rotatable bonds is 5. The zero-order valence-corrected chi connectivity index (χ0v) is 17.8. The summed E-state index contributed by atoms with van der Waals surface area (Å²) in [6.07, 6.45) is 1.50. The molecular formula is C23H18Cl2N2O3. The van der Waals surface area contributed by atoms with Crippen LogP contribution in [0, 0.1) is 13.8 Å². The minimum atomic E-state index is -0.451. The second-order valence-corrected chi connectivity index (χ2v) is 7.87. The van der Waals surface area contributed by atoms with E-state index in [9.17, 15) is 9.59 Å². The van der Waals surface area contributed by atoms with E-state index < -0.39 is 11.8 Å². The van der Waals surface area contributed by atoms with E-state index in [4.69, 9.17) is 27.6 Å². The first-order valence-corrected chi connectivity index (χ1v) is 10.0. The van der Waals surface area contributed by atoms with E-state index in [2.05, 4.69) is 5.32 Å². The molecule has 2 amide bonds. The lowest BCUT2D eigenvalue weighted by molar-refractivity contribution is -0.137. The maximum absolute atomic E-state index is 13.3. The van der Waals surface area contributed by atoms with Gasteiger partial charge in [0, 0.05) is 16.3 Å². The van der Waals surface area contributed by atoms with Crippen LogP contribution in [0.5, 0.6) is 0 Å². The molecule has 0 radical (unpaired) electrons. The number of halogens is 2. The molecule has 0 saturated heterocycles. The summed E-state index contributed by atoms with van der Waals surface area (Å²) in [6.45, 7) is 3.96. The first kappa shape index (κ1) is 20.3. The summed E-state index contributed by atoms with van der Waals surface area (Å²) in [5, 5.41) is 3.91. The fourth-order valence-corrected chi connectivity index (χ4v) is 3.86. The van der Waals surface area contributed by atoms with Crippen LogP contribution in [0.2, 0.25) is 10.0 Å². The summed E-state index contributed by atoms with van der Waals surface area (Å²) in [4.78, 5) is 27.7. The second-order valence-electron chi connectivity index (χ2n) is 7.02. The van der Waals surface area contributed by atoms with Gasteiger partial charge < -0.3 is 9.73 Å². The van der Waals surface area contributed by atoms with Gasteiger partial charge in [0.1, 0.15) is 11.5 Å². The van der Waals surface area contributed by atoms with Crippen LogP contribution in [0.4, 0.5) is 5.69 Å². The molecule has 0 spiro atoms. The Hall–Kier alpha value is -3.02. The first-order valence-electron chi connectivity index (χ1n) is 9.28. The molecule has 0 unspecified atom stereocenters. The Labute approximate surface area is 183 Å². The van der Waals surface area contributed by atoms with Gasteiger partial charge in [-0.05, 0) is 55.3 Å². The molecule has 1 N–H and O–H groups in total. The summed E-state index contributed by atoms with van der Waals surface area (Å²) in [7, 11) is 0. The van der Waals surface area contributed by atoms with E-state index in [1.165, 1.54) is 6.26 Å². The van der Waals surface area contributed by atoms with Crippen molar-refractivity contribution in [3.8, 4) is 0 Å². The second kappa shape index (κ2) is 8.01. The molecule has 3 aromatic rings. The molecule has 0 atom stereocenters. The molecule has 2 heterocycles. The Morgan fingerprint density at radius 3 is 2.50 bits per heavy atom. The van der Waals surface area contributed by atoms with E-state index in [0.29, 0.717) is 21.4 Å². The number of anilines is 1. The lowest BCUT2D eigenvalue weighted by Crippen LogP contribution is -2.31. The van der Waals surface area contributed by atoms with E-state index in [0.717, 1.165) is 21.7 Å². The molecule has 1 aromatic heterocycles. The van der Waals surface area contributed by atoms with Crippen LogP contribution in [0.15, 0.2) is 64.9 Å². The number of nitrogens with zero attached hydrogens (tertiary/aromatic N) is 1. The van der Waals surface area contributed by atoms with Gasteiger partial charge in [0.15, 0.2) is 0 Å². The Bertz CT molecular complexity index is 1180. The van der Waals surface area contributed by atoms with Crippen LogP contribution in [0.1, 0.15) is 22.5 Å². The van der Waals surface area contributed by atoms with Crippen molar-refractivity contribution in [1.29, 1.82) is 0 Å². The number of benzene rings is 2. The SMILES string of the molecule is Cc1cccc(NC2=C(c3ccc(Cl)cc3Cl)C(=O)N(Cc3ccco3)C2=O)c1C. The van der Waals surface area contributed by atoms with Crippen molar-refractivity contribution in [1.82, 2.24) is 4.90 Å². The van der Waals surface area contributed by atoms with Crippen LogP contribution in [-0.4, -0.2) is 16.7 Å². The number of nitrogens with one attached hydrogen (secondary N) is 1. The van der Waals surface area contributed by atoms with E-state index in [-0.39, 0.29) is 17.8 Å². The highest BCUT2D eigenvalue weighted by atomic mass is 35.5. The fourth-order valence-electron chi connectivity index (χ4n) is 3.36. The predicted octanol–water partition coefficient (Wildman–Crippen LogP) is 5.60. The molecule has 5 nitrogen and oxygen atoms in total. The summed E-state index contributed by atoms with van der Waals surface area (Å²) < 4.78 is 5.33. The average Bonchev–Trinajstić information content (AvgIpc) is 3.29. The number of carbonyl (C=O) groups excluding carboxylic acids is 2. The summed E-state index contributed by atoms with van der Waals surface area (Å²) in [5.41, 5.74) is 3.61. The maximum Gasteiger partial charge on any atom is 0.278 e. The Morgan fingerprint density at radius 2 is 1.80 bits per heavy atom. The summed E-state index contributed by atoms with van der Waals surface area (Å²) >= 11 is 12.4. The smallest absolute Gasteiger partial charge is 0.278 e. The minimum absolute atomic E-state index is 0.0252. The van der Waals surface area contributed by atoms with Crippen LogP contribution < -0.4 is 5.32 Å². The quantitative estimate of drug-likeness (QED) is 0.524. The zero-order chi connectivity index (χ0) is 21.4. The van der Waals surface area contributed by atoms with Crippen LogP contribution in [0.3, 0.4) is 0 Å². The third-order valence-electron chi connectivity index (χ3n) is 5.13. The predicted molar refractivity (Wildman–Crippen MR) is 117 cm³/mol.